The van der Waals surface area contributed by atoms with Crippen molar-refractivity contribution in [2.24, 2.45) is 5.73 Å². The molecule has 0 aliphatic carbocycles. The van der Waals surface area contributed by atoms with Crippen molar-refractivity contribution < 1.29 is 0 Å². The fourth-order valence-corrected chi connectivity index (χ4v) is 1.54. The van der Waals surface area contributed by atoms with E-state index in [-0.39, 0.29) is 0 Å². The van der Waals surface area contributed by atoms with Crippen LogP contribution in [0.1, 0.15) is 24.8 Å². The van der Waals surface area contributed by atoms with Crippen LogP contribution in [-0.2, 0) is 6.42 Å². The highest BCUT2D eigenvalue weighted by molar-refractivity contribution is 5.15. The zero-order chi connectivity index (χ0) is 11.5. The number of hydrogen-bond donors (Lipinski definition) is 1. The van der Waals surface area contributed by atoms with Crippen LogP contribution in [-0.4, -0.2) is 6.54 Å². The molecule has 0 aliphatic heterocycles. The molecule has 0 aliphatic rings. The fourth-order valence-electron chi connectivity index (χ4n) is 1.54. The maximum Gasteiger partial charge on any atom is 0.0106 e. The van der Waals surface area contributed by atoms with Crippen LogP contribution in [0.25, 0.3) is 0 Å². The number of hydrogen-bond acceptors (Lipinski definition) is 1. The van der Waals surface area contributed by atoms with Gasteiger partial charge >= 0.3 is 0 Å². The normalized spacial score (nSPS) is 11.6. The van der Waals surface area contributed by atoms with Gasteiger partial charge in [-0.15, -0.1) is 0 Å². The summed E-state index contributed by atoms with van der Waals surface area (Å²) in [5, 5.41) is 0. The third-order valence-corrected chi connectivity index (χ3v) is 2.41. The number of aryl methyl sites for hydroxylation is 1. The van der Waals surface area contributed by atoms with Gasteiger partial charge in [-0.1, -0.05) is 54.6 Å². The van der Waals surface area contributed by atoms with Gasteiger partial charge in [-0.25, -0.2) is 0 Å². The van der Waals surface area contributed by atoms with E-state index in [0.717, 1.165) is 25.7 Å². The smallest absolute Gasteiger partial charge is 0.0106 e. The zero-order valence-electron chi connectivity index (χ0n) is 9.81. The van der Waals surface area contributed by atoms with E-state index in [1.807, 2.05) is 6.08 Å². The van der Waals surface area contributed by atoms with Crippen LogP contribution in [0.5, 0.6) is 0 Å². The van der Waals surface area contributed by atoms with Gasteiger partial charge in [-0.2, -0.15) is 0 Å². The van der Waals surface area contributed by atoms with Gasteiger partial charge in [0.25, 0.3) is 0 Å². The summed E-state index contributed by atoms with van der Waals surface area (Å²) in [5.74, 6) is 0. The fraction of sp³-hybridized carbons (Fsp3) is 0.333. The van der Waals surface area contributed by atoms with Crippen LogP contribution in [0.3, 0.4) is 0 Å². The van der Waals surface area contributed by atoms with Crippen LogP contribution in [0.4, 0.5) is 0 Å². The number of nitrogens with two attached hydrogens (primary N) is 1. The van der Waals surface area contributed by atoms with Crippen molar-refractivity contribution >= 4 is 0 Å². The molecule has 1 aromatic carbocycles. The van der Waals surface area contributed by atoms with Gasteiger partial charge in [-0.05, 0) is 31.2 Å². The molecule has 0 fully saturated rings. The summed E-state index contributed by atoms with van der Waals surface area (Å²) in [6.45, 7) is 0.651. The summed E-state index contributed by atoms with van der Waals surface area (Å²) in [4.78, 5) is 0. The molecule has 0 atom stereocenters. The quantitative estimate of drug-likeness (QED) is 0.547. The molecule has 1 rings (SSSR count). The first-order valence-electron chi connectivity index (χ1n) is 5.97. The Morgan fingerprint density at radius 3 is 2.12 bits per heavy atom. The molecular formula is C15H21N. The summed E-state index contributed by atoms with van der Waals surface area (Å²) in [7, 11) is 0. The molecule has 86 valence electrons. The lowest BCUT2D eigenvalue weighted by molar-refractivity contribution is 0.975. The van der Waals surface area contributed by atoms with Gasteiger partial charge in [0.2, 0.25) is 0 Å². The van der Waals surface area contributed by atoms with Crippen molar-refractivity contribution in [3.8, 4) is 0 Å². The van der Waals surface area contributed by atoms with E-state index in [1.54, 1.807) is 0 Å². The Hall–Kier alpha value is -1.34. The third-order valence-electron chi connectivity index (χ3n) is 2.41. The van der Waals surface area contributed by atoms with E-state index in [1.165, 1.54) is 5.56 Å². The van der Waals surface area contributed by atoms with E-state index in [4.69, 9.17) is 5.73 Å². The zero-order valence-corrected chi connectivity index (χ0v) is 9.81. The molecule has 0 amide bonds. The molecule has 0 aromatic heterocycles. The highest BCUT2D eigenvalue weighted by Crippen LogP contribution is 2.03. The second kappa shape index (κ2) is 8.93. The van der Waals surface area contributed by atoms with E-state index >= 15 is 0 Å². The first kappa shape index (κ1) is 12.7. The van der Waals surface area contributed by atoms with E-state index in [2.05, 4.69) is 48.6 Å². The Morgan fingerprint density at radius 2 is 1.44 bits per heavy atom. The highest BCUT2D eigenvalue weighted by Gasteiger charge is 1.87. The van der Waals surface area contributed by atoms with Crippen LogP contribution >= 0.6 is 0 Å². The van der Waals surface area contributed by atoms with Crippen LogP contribution in [0.2, 0.25) is 0 Å². The molecule has 2 N–H and O–H groups in total. The molecule has 1 nitrogen and oxygen atoms in total. The molecule has 0 unspecified atom stereocenters. The van der Waals surface area contributed by atoms with Gasteiger partial charge in [0, 0.05) is 6.54 Å². The predicted molar refractivity (Wildman–Crippen MR) is 71.3 cm³/mol. The summed E-state index contributed by atoms with van der Waals surface area (Å²) in [5.41, 5.74) is 6.76. The predicted octanol–water partition coefficient (Wildman–Crippen LogP) is 3.47. The molecule has 0 spiro atoms. The topological polar surface area (TPSA) is 26.0 Å². The Balaban J connectivity index is 2.07. The van der Waals surface area contributed by atoms with Crippen molar-refractivity contribution in [1.82, 2.24) is 0 Å². The molecule has 16 heavy (non-hydrogen) atoms. The molecule has 0 radical (unpaired) electrons. The average Bonchev–Trinajstić information content (AvgIpc) is 2.34. The molecular weight excluding hydrogens is 194 g/mol. The van der Waals surface area contributed by atoms with Gasteiger partial charge in [0.05, 0.1) is 0 Å². The Morgan fingerprint density at radius 1 is 0.812 bits per heavy atom. The second-order valence-electron chi connectivity index (χ2n) is 3.78. The first-order valence-corrected chi connectivity index (χ1v) is 5.97. The summed E-state index contributed by atoms with van der Waals surface area (Å²) >= 11 is 0. The van der Waals surface area contributed by atoms with E-state index in [0.29, 0.717) is 6.54 Å². The number of unbranched alkanes of at least 4 members (excludes halogenated alkanes) is 1. The van der Waals surface area contributed by atoms with Gasteiger partial charge in [-0.3, -0.25) is 0 Å². The third kappa shape index (κ3) is 6.20. The standard InChI is InChI=1S/C15H21N/c16-14-10-5-3-1-2-4-7-11-15-12-8-6-9-13-15/h2,4-6,8-10,12-13H,1,3,7,11,14,16H2/b4-2+,10-5+. The SMILES string of the molecule is NC/C=C/CC/C=C/CCc1ccccc1. The van der Waals surface area contributed by atoms with Gasteiger partial charge in [0.1, 0.15) is 0 Å². The van der Waals surface area contributed by atoms with E-state index < -0.39 is 0 Å². The van der Waals surface area contributed by atoms with Crippen molar-refractivity contribution in [1.29, 1.82) is 0 Å². The largest absolute Gasteiger partial charge is 0.327 e. The maximum absolute atomic E-state index is 5.35. The second-order valence-corrected chi connectivity index (χ2v) is 3.78. The summed E-state index contributed by atoms with van der Waals surface area (Å²) in [6.07, 6.45) is 13.2. The monoisotopic (exact) mass is 215 g/mol. The molecule has 1 heteroatoms. The lowest BCUT2D eigenvalue weighted by atomic mass is 10.1. The molecule has 0 bridgehead atoms. The number of allylic oxidation sites excluding steroid dienone is 3. The number of benzene rings is 1. The highest BCUT2D eigenvalue weighted by atomic mass is 14.5. The van der Waals surface area contributed by atoms with Crippen molar-refractivity contribution in [3.63, 3.8) is 0 Å². The lowest BCUT2D eigenvalue weighted by Crippen LogP contribution is -1.91. The average molecular weight is 215 g/mol. The van der Waals surface area contributed by atoms with Gasteiger partial charge < -0.3 is 5.73 Å². The summed E-state index contributed by atoms with van der Waals surface area (Å²) in [6, 6.07) is 10.6. The van der Waals surface area contributed by atoms with Crippen molar-refractivity contribution in [2.45, 2.75) is 25.7 Å². The van der Waals surface area contributed by atoms with Crippen molar-refractivity contribution in [2.75, 3.05) is 6.54 Å². The summed E-state index contributed by atoms with van der Waals surface area (Å²) < 4.78 is 0. The molecule has 0 heterocycles. The minimum Gasteiger partial charge on any atom is -0.327 e. The minimum absolute atomic E-state index is 0.651. The Labute approximate surface area is 98.7 Å². The Bertz CT molecular complexity index is 311. The Kier molecular flexibility index (Phi) is 7.10. The van der Waals surface area contributed by atoms with Crippen LogP contribution < -0.4 is 5.73 Å². The van der Waals surface area contributed by atoms with Crippen LogP contribution in [0, 0.1) is 0 Å². The minimum atomic E-state index is 0.651. The molecule has 0 saturated carbocycles. The first-order chi connectivity index (χ1) is 7.93. The maximum atomic E-state index is 5.35. The van der Waals surface area contributed by atoms with Crippen LogP contribution in [0.15, 0.2) is 54.6 Å². The molecule has 1 aromatic rings. The molecule has 0 saturated heterocycles. The van der Waals surface area contributed by atoms with Crippen molar-refractivity contribution in [3.05, 3.63) is 60.2 Å². The van der Waals surface area contributed by atoms with Gasteiger partial charge in [0.15, 0.2) is 0 Å². The van der Waals surface area contributed by atoms with E-state index in [9.17, 15) is 0 Å². The lowest BCUT2D eigenvalue weighted by Gasteiger charge is -1.96. The number of rotatable bonds is 7.